The molecule has 0 unspecified atom stereocenters. The molecule has 0 rings (SSSR count). The lowest BCUT2D eigenvalue weighted by Gasteiger charge is -2.21. The number of hydrogen-bond acceptors (Lipinski definition) is 7. The second-order valence-corrected chi connectivity index (χ2v) is 0.875. The maximum Gasteiger partial charge on any atom is 0.664 e. The monoisotopic (exact) mass is 136 g/mol. The minimum absolute atomic E-state index is 2.23. The second kappa shape index (κ2) is 4.70. The van der Waals surface area contributed by atoms with Crippen LogP contribution in [-0.4, -0.2) is 24.7 Å². The summed E-state index contributed by atoms with van der Waals surface area (Å²) < 4.78 is 0. The van der Waals surface area contributed by atoms with E-state index < -0.39 is 14.6 Å². The first-order valence-electron chi connectivity index (χ1n) is 1.79. The van der Waals surface area contributed by atoms with Gasteiger partial charge in [0.1, 0.15) is 7.32 Å². The van der Waals surface area contributed by atoms with Crippen LogP contribution in [0.1, 0.15) is 0 Å². The minimum atomic E-state index is -2.68. The third-order valence-electron chi connectivity index (χ3n) is 0.243. The molecule has 0 spiro atoms. The van der Waals surface area contributed by atoms with Crippen LogP contribution in [0.15, 0.2) is 0 Å². The van der Waals surface area contributed by atoms with Crippen molar-refractivity contribution >= 4 is 14.6 Å². The molecule has 0 aliphatic heterocycles. The molecular formula is H2B2O7-2. The van der Waals surface area contributed by atoms with Gasteiger partial charge in [-0.15, -0.1) is 0 Å². The molecule has 0 aliphatic rings. The van der Waals surface area contributed by atoms with Gasteiger partial charge in [0.2, 0.25) is 0 Å². The highest BCUT2D eigenvalue weighted by atomic mass is 17.5. The molecule has 0 aromatic heterocycles. The molecule has 52 valence electrons. The van der Waals surface area contributed by atoms with Crippen LogP contribution in [0.3, 0.4) is 0 Å². The Labute approximate surface area is 50.6 Å². The first kappa shape index (κ1) is 8.85. The van der Waals surface area contributed by atoms with E-state index in [4.69, 9.17) is 10.0 Å². The fraction of sp³-hybridized carbons (Fsp3) is 0. The van der Waals surface area contributed by atoms with Crippen LogP contribution in [0, 0.1) is 0 Å². The molecule has 0 saturated carbocycles. The van der Waals surface area contributed by atoms with E-state index in [0.717, 1.165) is 0 Å². The van der Waals surface area contributed by atoms with Crippen LogP contribution in [0.4, 0.5) is 0 Å². The van der Waals surface area contributed by atoms with Gasteiger partial charge in [0, 0.05) is 0 Å². The van der Waals surface area contributed by atoms with Crippen molar-refractivity contribution in [2.45, 2.75) is 0 Å². The predicted octanol–water partition coefficient (Wildman–Crippen LogP) is -4.46. The van der Waals surface area contributed by atoms with E-state index in [-0.39, 0.29) is 0 Å². The van der Waals surface area contributed by atoms with E-state index in [9.17, 15) is 10.0 Å². The SMILES string of the molecule is [O-]B([O-])OOOB(O)O. The van der Waals surface area contributed by atoms with Crippen LogP contribution >= 0.6 is 0 Å². The van der Waals surface area contributed by atoms with E-state index in [1.54, 1.807) is 0 Å². The Bertz CT molecular complexity index is 51.9. The highest BCUT2D eigenvalue weighted by Gasteiger charge is 2.08. The lowest BCUT2D eigenvalue weighted by atomic mass is 10.3. The van der Waals surface area contributed by atoms with Gasteiger partial charge in [0.15, 0.2) is 0 Å². The van der Waals surface area contributed by atoms with Crippen LogP contribution in [0.5, 0.6) is 0 Å². The molecule has 0 aromatic carbocycles. The Morgan fingerprint density at radius 2 is 1.67 bits per heavy atom. The number of rotatable bonds is 4. The molecule has 0 heterocycles. The summed E-state index contributed by atoms with van der Waals surface area (Å²) in [7, 11) is -4.91. The van der Waals surface area contributed by atoms with Gasteiger partial charge in [-0.05, 0) is 0 Å². The van der Waals surface area contributed by atoms with Crippen molar-refractivity contribution < 1.29 is 34.7 Å². The summed E-state index contributed by atoms with van der Waals surface area (Å²) in [6.45, 7) is 0. The summed E-state index contributed by atoms with van der Waals surface area (Å²) in [6.07, 6.45) is 0. The van der Waals surface area contributed by atoms with Crippen LogP contribution in [-0.2, 0) is 14.6 Å². The average Bonchev–Trinajstić information content (AvgIpc) is 1.63. The number of hydrogen-bond donors (Lipinski definition) is 2. The molecule has 0 radical (unpaired) electrons. The average molecular weight is 136 g/mol. The fourth-order valence-corrected chi connectivity index (χ4v) is 0.0899. The largest absolute Gasteiger partial charge is 0.868 e. The molecule has 9 heavy (non-hydrogen) atoms. The van der Waals surface area contributed by atoms with Crippen molar-refractivity contribution in [1.29, 1.82) is 0 Å². The topological polar surface area (TPSA) is 114 Å². The molecule has 9 heteroatoms. The molecule has 0 saturated heterocycles. The van der Waals surface area contributed by atoms with Crippen molar-refractivity contribution in [2.24, 2.45) is 0 Å². The Hall–Kier alpha value is -0.150. The molecule has 0 atom stereocenters. The lowest BCUT2D eigenvalue weighted by Crippen LogP contribution is -2.48. The molecule has 0 bridgehead atoms. The summed E-state index contributed by atoms with van der Waals surface area (Å²) in [5, 5.41) is 37.5. The summed E-state index contributed by atoms with van der Waals surface area (Å²) in [5.41, 5.74) is 0. The fourth-order valence-electron chi connectivity index (χ4n) is 0.0899. The molecule has 0 fully saturated rings. The Kier molecular flexibility index (Phi) is 4.62. The van der Waals surface area contributed by atoms with Gasteiger partial charge < -0.3 is 24.9 Å². The molecule has 7 nitrogen and oxygen atoms in total. The zero-order valence-electron chi connectivity index (χ0n) is 4.09. The van der Waals surface area contributed by atoms with Gasteiger partial charge in [-0.3, -0.25) is 0 Å². The lowest BCUT2D eigenvalue weighted by molar-refractivity contribution is -0.504. The maximum absolute atomic E-state index is 9.36. The zero-order valence-corrected chi connectivity index (χ0v) is 4.09. The Morgan fingerprint density at radius 1 is 1.11 bits per heavy atom. The smallest absolute Gasteiger partial charge is 0.664 e. The quantitative estimate of drug-likeness (QED) is 0.227. The Balaban J connectivity index is 2.91. The Morgan fingerprint density at radius 3 is 2.00 bits per heavy atom. The predicted molar refractivity (Wildman–Crippen MR) is 19.2 cm³/mol. The van der Waals surface area contributed by atoms with Gasteiger partial charge in [0.05, 0.1) is 0 Å². The standard InChI is InChI=1S/B2H2O7/c3-1(4)7-9-8-2(5)6/h3-4H/q-2. The second-order valence-electron chi connectivity index (χ2n) is 0.875. The third kappa shape index (κ3) is 7.85. The summed E-state index contributed by atoms with van der Waals surface area (Å²) in [4.78, 5) is 6.54. The summed E-state index contributed by atoms with van der Waals surface area (Å²) in [6, 6.07) is 0. The first-order chi connectivity index (χ1) is 4.13. The van der Waals surface area contributed by atoms with Crippen molar-refractivity contribution in [2.75, 3.05) is 0 Å². The van der Waals surface area contributed by atoms with Gasteiger partial charge in [-0.2, -0.15) is 0 Å². The van der Waals surface area contributed by atoms with E-state index in [1.807, 2.05) is 0 Å². The van der Waals surface area contributed by atoms with E-state index >= 15 is 0 Å². The first-order valence-corrected chi connectivity index (χ1v) is 1.79. The van der Waals surface area contributed by atoms with Crippen molar-refractivity contribution in [1.82, 2.24) is 0 Å². The van der Waals surface area contributed by atoms with E-state index in [2.05, 4.69) is 14.6 Å². The maximum atomic E-state index is 9.36. The van der Waals surface area contributed by atoms with Crippen LogP contribution in [0.25, 0.3) is 0 Å². The molecule has 0 aliphatic carbocycles. The van der Waals surface area contributed by atoms with Gasteiger partial charge >= 0.3 is 7.32 Å². The molecular weight excluding hydrogens is 134 g/mol. The summed E-state index contributed by atoms with van der Waals surface area (Å²) in [5.74, 6) is 0. The van der Waals surface area contributed by atoms with Crippen molar-refractivity contribution in [3.8, 4) is 0 Å². The highest BCUT2D eigenvalue weighted by Crippen LogP contribution is 1.78. The van der Waals surface area contributed by atoms with Crippen LogP contribution in [0.2, 0.25) is 0 Å². The van der Waals surface area contributed by atoms with Crippen molar-refractivity contribution in [3.63, 3.8) is 0 Å². The van der Waals surface area contributed by atoms with E-state index in [1.165, 1.54) is 0 Å². The summed E-state index contributed by atoms with van der Waals surface area (Å²) >= 11 is 0. The molecule has 0 aromatic rings. The molecule has 0 amide bonds. The normalized spacial score (nSPS) is 9.33. The molecule has 2 N–H and O–H groups in total. The van der Waals surface area contributed by atoms with Gasteiger partial charge in [-0.25, -0.2) is 4.81 Å². The van der Waals surface area contributed by atoms with Crippen molar-refractivity contribution in [3.05, 3.63) is 0 Å². The zero-order chi connectivity index (χ0) is 7.28. The van der Waals surface area contributed by atoms with Gasteiger partial charge in [-0.1, -0.05) is 5.04 Å². The third-order valence-corrected chi connectivity index (χ3v) is 0.243. The van der Waals surface area contributed by atoms with Crippen LogP contribution < -0.4 is 10.0 Å². The van der Waals surface area contributed by atoms with E-state index in [0.29, 0.717) is 0 Å². The minimum Gasteiger partial charge on any atom is -0.868 e. The van der Waals surface area contributed by atoms with Gasteiger partial charge in [0.25, 0.3) is 0 Å². The highest BCUT2D eigenvalue weighted by molar-refractivity contribution is 6.32.